The Morgan fingerprint density at radius 2 is 1.74 bits per heavy atom. The van der Waals surface area contributed by atoms with Gasteiger partial charge in [-0.15, -0.1) is 0 Å². The van der Waals surface area contributed by atoms with Crippen molar-refractivity contribution < 1.29 is 0 Å². The zero-order chi connectivity index (χ0) is 16.1. The molecular formula is C21H24N2. The number of nitrogens with zero attached hydrogens (tertiary/aromatic N) is 2. The first kappa shape index (κ1) is 15.8. The molecule has 2 aromatic carbocycles. The van der Waals surface area contributed by atoms with Crippen LogP contribution in [0.2, 0.25) is 0 Å². The molecule has 0 aliphatic heterocycles. The second kappa shape index (κ2) is 7.44. The molecule has 2 nitrogen and oxygen atoms in total. The molecule has 0 heterocycles. The van der Waals surface area contributed by atoms with Crippen molar-refractivity contribution in [3.05, 3.63) is 59.7 Å². The fraction of sp³-hybridized carbons (Fsp3) is 0.381. The standard InChI is InChI=1S/C21H24N2/c1-23(21-8-3-2-4-9-21)16-18-6-5-7-20(14-18)19-12-10-17(15-22)11-13-19/h5-7,10-14,21H,2-4,8-9,16H2,1H3. The Kier molecular flexibility index (Phi) is 5.10. The minimum absolute atomic E-state index is 0.710. The van der Waals surface area contributed by atoms with Crippen LogP contribution in [-0.2, 0) is 6.54 Å². The minimum atomic E-state index is 0.710. The number of rotatable bonds is 4. The zero-order valence-corrected chi connectivity index (χ0v) is 13.8. The van der Waals surface area contributed by atoms with Gasteiger partial charge in [0, 0.05) is 12.6 Å². The van der Waals surface area contributed by atoms with E-state index in [4.69, 9.17) is 5.26 Å². The van der Waals surface area contributed by atoms with Gasteiger partial charge in [-0.05, 0) is 54.8 Å². The second-order valence-corrected chi connectivity index (χ2v) is 6.60. The molecule has 118 valence electrons. The molecule has 1 fully saturated rings. The van der Waals surface area contributed by atoms with E-state index in [2.05, 4.69) is 42.3 Å². The van der Waals surface area contributed by atoms with E-state index in [9.17, 15) is 0 Å². The van der Waals surface area contributed by atoms with E-state index in [1.54, 1.807) is 0 Å². The van der Waals surface area contributed by atoms with Gasteiger partial charge in [0.2, 0.25) is 0 Å². The molecule has 3 rings (SSSR count). The molecular weight excluding hydrogens is 280 g/mol. The van der Waals surface area contributed by atoms with Gasteiger partial charge >= 0.3 is 0 Å². The van der Waals surface area contributed by atoms with Gasteiger partial charge in [-0.1, -0.05) is 49.6 Å². The lowest BCUT2D eigenvalue weighted by Gasteiger charge is -2.31. The lowest BCUT2D eigenvalue weighted by Crippen LogP contribution is -2.32. The van der Waals surface area contributed by atoms with Gasteiger partial charge in [0.15, 0.2) is 0 Å². The number of hydrogen-bond donors (Lipinski definition) is 0. The number of nitriles is 1. The molecule has 1 aliphatic carbocycles. The van der Waals surface area contributed by atoms with Gasteiger partial charge in [-0.25, -0.2) is 0 Å². The highest BCUT2D eigenvalue weighted by molar-refractivity contribution is 5.64. The summed E-state index contributed by atoms with van der Waals surface area (Å²) in [5.74, 6) is 0. The summed E-state index contributed by atoms with van der Waals surface area (Å²) in [5, 5.41) is 8.91. The highest BCUT2D eigenvalue weighted by Gasteiger charge is 2.17. The predicted octanol–water partition coefficient (Wildman–Crippen LogP) is 4.99. The topological polar surface area (TPSA) is 27.0 Å². The molecule has 0 spiro atoms. The molecule has 0 saturated heterocycles. The summed E-state index contributed by atoms with van der Waals surface area (Å²) >= 11 is 0. The second-order valence-electron chi connectivity index (χ2n) is 6.60. The molecule has 0 N–H and O–H groups in total. The third-order valence-corrected chi connectivity index (χ3v) is 4.90. The molecule has 1 aliphatic rings. The van der Waals surface area contributed by atoms with E-state index in [1.807, 2.05) is 24.3 Å². The maximum atomic E-state index is 8.91. The van der Waals surface area contributed by atoms with E-state index >= 15 is 0 Å². The van der Waals surface area contributed by atoms with E-state index in [1.165, 1.54) is 48.8 Å². The zero-order valence-electron chi connectivity index (χ0n) is 13.8. The molecule has 0 aromatic heterocycles. The SMILES string of the molecule is CN(Cc1cccc(-c2ccc(C#N)cc2)c1)C1CCCCC1. The Morgan fingerprint density at radius 1 is 1.00 bits per heavy atom. The first-order valence-electron chi connectivity index (χ1n) is 8.56. The van der Waals surface area contributed by atoms with Gasteiger partial charge in [0.1, 0.15) is 0 Å². The van der Waals surface area contributed by atoms with Gasteiger partial charge < -0.3 is 0 Å². The summed E-state index contributed by atoms with van der Waals surface area (Å²) in [6.07, 6.45) is 6.83. The smallest absolute Gasteiger partial charge is 0.0991 e. The first-order valence-corrected chi connectivity index (χ1v) is 8.56. The van der Waals surface area contributed by atoms with Crippen molar-refractivity contribution in [2.24, 2.45) is 0 Å². The molecule has 0 radical (unpaired) electrons. The van der Waals surface area contributed by atoms with Crippen molar-refractivity contribution in [3.63, 3.8) is 0 Å². The van der Waals surface area contributed by atoms with E-state index in [0.29, 0.717) is 5.56 Å². The summed E-state index contributed by atoms with van der Waals surface area (Å²) in [6, 6.07) is 19.5. The van der Waals surface area contributed by atoms with Crippen molar-refractivity contribution in [2.75, 3.05) is 7.05 Å². The Balaban J connectivity index is 1.72. The van der Waals surface area contributed by atoms with Crippen molar-refractivity contribution in [2.45, 2.75) is 44.7 Å². The van der Waals surface area contributed by atoms with Crippen LogP contribution in [0.1, 0.15) is 43.2 Å². The monoisotopic (exact) mass is 304 g/mol. The lowest BCUT2D eigenvalue weighted by molar-refractivity contribution is 0.184. The molecule has 2 aromatic rings. The third kappa shape index (κ3) is 4.00. The average molecular weight is 304 g/mol. The van der Waals surface area contributed by atoms with Gasteiger partial charge in [0.05, 0.1) is 11.6 Å². The largest absolute Gasteiger partial charge is 0.299 e. The third-order valence-electron chi connectivity index (χ3n) is 4.90. The van der Waals surface area contributed by atoms with Crippen molar-refractivity contribution in [1.82, 2.24) is 4.90 Å². The predicted molar refractivity (Wildman–Crippen MR) is 94.9 cm³/mol. The highest BCUT2D eigenvalue weighted by atomic mass is 15.1. The normalized spacial score (nSPS) is 15.5. The summed E-state index contributed by atoms with van der Waals surface area (Å²) in [6.45, 7) is 1.01. The molecule has 0 amide bonds. The summed E-state index contributed by atoms with van der Waals surface area (Å²) in [7, 11) is 2.25. The van der Waals surface area contributed by atoms with Crippen LogP contribution >= 0.6 is 0 Å². The van der Waals surface area contributed by atoms with Crippen molar-refractivity contribution >= 4 is 0 Å². The van der Waals surface area contributed by atoms with Crippen LogP contribution in [0.15, 0.2) is 48.5 Å². The summed E-state index contributed by atoms with van der Waals surface area (Å²) < 4.78 is 0. The van der Waals surface area contributed by atoms with Crippen LogP contribution < -0.4 is 0 Å². The molecule has 0 unspecified atom stereocenters. The average Bonchev–Trinajstić information content (AvgIpc) is 2.63. The van der Waals surface area contributed by atoms with Crippen molar-refractivity contribution in [3.8, 4) is 17.2 Å². The molecule has 0 atom stereocenters. The molecule has 23 heavy (non-hydrogen) atoms. The summed E-state index contributed by atoms with van der Waals surface area (Å²) in [4.78, 5) is 2.51. The van der Waals surface area contributed by atoms with E-state index < -0.39 is 0 Å². The van der Waals surface area contributed by atoms with Crippen LogP contribution in [0.5, 0.6) is 0 Å². The highest BCUT2D eigenvalue weighted by Crippen LogP contribution is 2.25. The van der Waals surface area contributed by atoms with Gasteiger partial charge in [-0.3, -0.25) is 4.90 Å². The lowest BCUT2D eigenvalue weighted by atomic mass is 9.94. The van der Waals surface area contributed by atoms with E-state index in [-0.39, 0.29) is 0 Å². The number of hydrogen-bond acceptors (Lipinski definition) is 2. The molecule has 2 heteroatoms. The Morgan fingerprint density at radius 3 is 2.43 bits per heavy atom. The van der Waals surface area contributed by atoms with Crippen LogP contribution in [0.3, 0.4) is 0 Å². The molecule has 1 saturated carbocycles. The summed E-state index contributed by atoms with van der Waals surface area (Å²) in [5.41, 5.74) is 4.47. The quantitative estimate of drug-likeness (QED) is 0.795. The number of benzene rings is 2. The maximum Gasteiger partial charge on any atom is 0.0991 e. The Hall–Kier alpha value is -2.11. The van der Waals surface area contributed by atoms with Crippen LogP contribution in [0.4, 0.5) is 0 Å². The van der Waals surface area contributed by atoms with Gasteiger partial charge in [-0.2, -0.15) is 5.26 Å². The first-order chi connectivity index (χ1) is 11.3. The van der Waals surface area contributed by atoms with Crippen LogP contribution in [0, 0.1) is 11.3 Å². The van der Waals surface area contributed by atoms with Crippen molar-refractivity contribution in [1.29, 1.82) is 5.26 Å². The molecule has 0 bridgehead atoms. The Labute approximate surface area is 139 Å². The minimum Gasteiger partial charge on any atom is -0.299 e. The van der Waals surface area contributed by atoms with E-state index in [0.717, 1.165) is 12.6 Å². The van der Waals surface area contributed by atoms with Crippen LogP contribution in [-0.4, -0.2) is 18.0 Å². The Bertz CT molecular complexity index is 676. The fourth-order valence-corrected chi connectivity index (χ4v) is 3.53. The fourth-order valence-electron chi connectivity index (χ4n) is 3.53. The van der Waals surface area contributed by atoms with Gasteiger partial charge in [0.25, 0.3) is 0 Å². The van der Waals surface area contributed by atoms with Crippen LogP contribution in [0.25, 0.3) is 11.1 Å². The maximum absolute atomic E-state index is 8.91.